The van der Waals surface area contributed by atoms with Crippen molar-refractivity contribution in [1.29, 1.82) is 0 Å². The van der Waals surface area contributed by atoms with Gasteiger partial charge in [0.1, 0.15) is 5.75 Å². The quantitative estimate of drug-likeness (QED) is 0.876. The molecule has 0 unspecified atom stereocenters. The Balaban J connectivity index is 2.95. The van der Waals surface area contributed by atoms with Crippen LogP contribution >= 0.6 is 0 Å². The van der Waals surface area contributed by atoms with E-state index in [4.69, 9.17) is 9.84 Å². The molecule has 1 aromatic heterocycles. The number of pyridine rings is 1. The monoisotopic (exact) mass is 261 g/mol. The first-order valence-corrected chi connectivity index (χ1v) is 5.40. The molecule has 0 saturated heterocycles. The zero-order valence-electron chi connectivity index (χ0n) is 10.3. The lowest BCUT2D eigenvalue weighted by Crippen LogP contribution is -2.12. The van der Waals surface area contributed by atoms with E-state index >= 15 is 0 Å². The molecule has 2 N–H and O–H groups in total. The van der Waals surface area contributed by atoms with Crippen molar-refractivity contribution in [2.75, 3.05) is 7.11 Å². The SMILES string of the molecule is COc1ccc2nc(C)c(C(=O)O)c(C(=O)O)c2c1. The average Bonchev–Trinajstić information content (AvgIpc) is 2.35. The molecule has 0 spiro atoms. The minimum Gasteiger partial charge on any atom is -0.497 e. The molecule has 0 fully saturated rings. The second-order valence-electron chi connectivity index (χ2n) is 3.94. The molecule has 0 aliphatic carbocycles. The van der Waals surface area contributed by atoms with Gasteiger partial charge >= 0.3 is 11.9 Å². The highest BCUT2D eigenvalue weighted by Gasteiger charge is 2.23. The zero-order chi connectivity index (χ0) is 14.2. The van der Waals surface area contributed by atoms with E-state index in [1.165, 1.54) is 20.1 Å². The van der Waals surface area contributed by atoms with Crippen molar-refractivity contribution < 1.29 is 24.5 Å². The Morgan fingerprint density at radius 3 is 2.32 bits per heavy atom. The van der Waals surface area contributed by atoms with E-state index in [1.807, 2.05) is 0 Å². The normalized spacial score (nSPS) is 10.4. The molecule has 0 saturated carbocycles. The van der Waals surface area contributed by atoms with Crippen LogP contribution in [0.15, 0.2) is 18.2 Å². The Hall–Kier alpha value is -2.63. The number of rotatable bonds is 3. The smallest absolute Gasteiger partial charge is 0.338 e. The van der Waals surface area contributed by atoms with Crippen LogP contribution < -0.4 is 4.74 Å². The van der Waals surface area contributed by atoms with Gasteiger partial charge in [0.2, 0.25) is 0 Å². The van der Waals surface area contributed by atoms with Crippen molar-refractivity contribution in [1.82, 2.24) is 4.98 Å². The van der Waals surface area contributed by atoms with Gasteiger partial charge in [-0.1, -0.05) is 0 Å². The third-order valence-corrected chi connectivity index (χ3v) is 2.80. The number of fused-ring (bicyclic) bond motifs is 1. The minimum absolute atomic E-state index is 0.169. The number of aromatic carboxylic acids is 2. The zero-order valence-corrected chi connectivity index (χ0v) is 10.3. The lowest BCUT2D eigenvalue weighted by molar-refractivity contribution is 0.0652. The molecule has 0 aliphatic heterocycles. The summed E-state index contributed by atoms with van der Waals surface area (Å²) in [6.07, 6.45) is 0. The third kappa shape index (κ3) is 2.08. The minimum atomic E-state index is -1.31. The summed E-state index contributed by atoms with van der Waals surface area (Å²) < 4.78 is 5.02. The van der Waals surface area contributed by atoms with Crippen LogP contribution in [-0.4, -0.2) is 34.2 Å². The van der Waals surface area contributed by atoms with E-state index in [2.05, 4.69) is 4.98 Å². The van der Waals surface area contributed by atoms with Crippen molar-refractivity contribution in [2.24, 2.45) is 0 Å². The molecular formula is C13H11NO5. The number of hydrogen-bond acceptors (Lipinski definition) is 4. The molecule has 98 valence electrons. The molecule has 6 nitrogen and oxygen atoms in total. The molecule has 0 bridgehead atoms. The van der Waals surface area contributed by atoms with Crippen LogP contribution in [0.25, 0.3) is 10.9 Å². The average molecular weight is 261 g/mol. The maximum atomic E-state index is 11.4. The van der Waals surface area contributed by atoms with Gasteiger partial charge < -0.3 is 14.9 Å². The van der Waals surface area contributed by atoms with Gasteiger partial charge in [-0.2, -0.15) is 0 Å². The van der Waals surface area contributed by atoms with Crippen molar-refractivity contribution in [3.05, 3.63) is 35.0 Å². The van der Waals surface area contributed by atoms with Crippen molar-refractivity contribution in [2.45, 2.75) is 6.92 Å². The summed E-state index contributed by atoms with van der Waals surface area (Å²) in [5.41, 5.74) is 0.0189. The van der Waals surface area contributed by atoms with E-state index in [-0.39, 0.29) is 22.2 Å². The van der Waals surface area contributed by atoms with Gasteiger partial charge in [-0.15, -0.1) is 0 Å². The van der Waals surface area contributed by atoms with Crippen LogP contribution in [0.2, 0.25) is 0 Å². The molecular weight excluding hydrogens is 250 g/mol. The molecule has 0 atom stereocenters. The van der Waals surface area contributed by atoms with Gasteiger partial charge in [-0.05, 0) is 25.1 Å². The summed E-state index contributed by atoms with van der Waals surface area (Å²) in [5, 5.41) is 18.7. The maximum Gasteiger partial charge on any atom is 0.338 e. The highest BCUT2D eigenvalue weighted by Crippen LogP contribution is 2.27. The number of benzene rings is 1. The number of carboxylic acids is 2. The first-order chi connectivity index (χ1) is 8.95. The molecule has 1 heterocycles. The second kappa shape index (κ2) is 4.56. The summed E-state index contributed by atoms with van der Waals surface area (Å²) in [6.45, 7) is 1.47. The lowest BCUT2D eigenvalue weighted by atomic mass is 10.0. The predicted molar refractivity (Wildman–Crippen MR) is 67.0 cm³/mol. The first-order valence-electron chi connectivity index (χ1n) is 5.40. The van der Waals surface area contributed by atoms with E-state index in [0.717, 1.165) is 0 Å². The number of nitrogens with zero attached hydrogens (tertiary/aromatic N) is 1. The third-order valence-electron chi connectivity index (χ3n) is 2.80. The summed E-state index contributed by atoms with van der Waals surface area (Å²) in [7, 11) is 1.45. The van der Waals surface area contributed by atoms with Crippen LogP contribution in [0.1, 0.15) is 26.4 Å². The molecule has 2 aromatic rings. The molecule has 0 amide bonds. The van der Waals surface area contributed by atoms with Gasteiger partial charge in [-0.3, -0.25) is 4.98 Å². The lowest BCUT2D eigenvalue weighted by Gasteiger charge is -2.10. The Labute approximate surface area is 108 Å². The summed E-state index contributed by atoms with van der Waals surface area (Å²) in [5.74, 6) is -2.18. The van der Waals surface area contributed by atoms with Crippen LogP contribution in [0, 0.1) is 6.92 Å². The number of ether oxygens (including phenoxy) is 1. The number of methoxy groups -OCH3 is 1. The fourth-order valence-electron chi connectivity index (χ4n) is 1.98. The van der Waals surface area contributed by atoms with Crippen molar-refractivity contribution in [3.8, 4) is 5.75 Å². The Morgan fingerprint density at radius 1 is 1.16 bits per heavy atom. The summed E-state index contributed by atoms with van der Waals surface area (Å²) >= 11 is 0. The van der Waals surface area contributed by atoms with E-state index in [1.54, 1.807) is 12.1 Å². The van der Waals surface area contributed by atoms with E-state index in [0.29, 0.717) is 11.3 Å². The molecule has 0 radical (unpaired) electrons. The van der Waals surface area contributed by atoms with Gasteiger partial charge in [0.05, 0.1) is 29.4 Å². The van der Waals surface area contributed by atoms with Gasteiger partial charge in [0.15, 0.2) is 0 Å². The Morgan fingerprint density at radius 2 is 1.79 bits per heavy atom. The molecule has 1 aromatic carbocycles. The highest BCUT2D eigenvalue weighted by atomic mass is 16.5. The predicted octanol–water partition coefficient (Wildman–Crippen LogP) is 1.95. The molecule has 2 rings (SSSR count). The van der Waals surface area contributed by atoms with Gasteiger partial charge in [-0.25, -0.2) is 9.59 Å². The molecule has 19 heavy (non-hydrogen) atoms. The van der Waals surface area contributed by atoms with E-state index < -0.39 is 11.9 Å². The van der Waals surface area contributed by atoms with Crippen LogP contribution in [0.3, 0.4) is 0 Å². The summed E-state index contributed by atoms with van der Waals surface area (Å²) in [6, 6.07) is 4.71. The maximum absolute atomic E-state index is 11.4. The van der Waals surface area contributed by atoms with Crippen molar-refractivity contribution in [3.63, 3.8) is 0 Å². The fourth-order valence-corrected chi connectivity index (χ4v) is 1.98. The van der Waals surface area contributed by atoms with E-state index in [9.17, 15) is 14.7 Å². The number of carboxylic acid groups (broad SMARTS) is 2. The highest BCUT2D eigenvalue weighted by molar-refractivity contribution is 6.11. The first kappa shape index (κ1) is 12.8. The van der Waals surface area contributed by atoms with Gasteiger partial charge in [0.25, 0.3) is 0 Å². The van der Waals surface area contributed by atoms with Gasteiger partial charge in [0, 0.05) is 5.39 Å². The summed E-state index contributed by atoms with van der Waals surface area (Å²) in [4.78, 5) is 26.7. The second-order valence-corrected chi connectivity index (χ2v) is 3.94. The Kier molecular flexibility index (Phi) is 3.08. The Bertz CT molecular complexity index is 693. The number of carbonyl (C=O) groups is 2. The largest absolute Gasteiger partial charge is 0.497 e. The number of aryl methyl sites for hydroxylation is 1. The van der Waals surface area contributed by atoms with Crippen LogP contribution in [0.5, 0.6) is 5.75 Å². The molecule has 0 aliphatic rings. The molecule has 6 heteroatoms. The topological polar surface area (TPSA) is 96.7 Å². The number of aromatic nitrogens is 1. The van der Waals surface area contributed by atoms with Crippen LogP contribution in [0.4, 0.5) is 0 Å². The number of hydrogen-bond donors (Lipinski definition) is 2. The van der Waals surface area contributed by atoms with Crippen LogP contribution in [-0.2, 0) is 0 Å². The fraction of sp³-hybridized carbons (Fsp3) is 0.154. The standard InChI is InChI=1S/C13H11NO5/c1-6-10(12(15)16)11(13(17)18)8-5-7(19-2)3-4-9(8)14-6/h3-5H,1-2H3,(H,15,16)(H,17,18). The van der Waals surface area contributed by atoms with Crippen molar-refractivity contribution >= 4 is 22.8 Å².